The van der Waals surface area contributed by atoms with Gasteiger partial charge in [-0.1, -0.05) is 19.9 Å². The lowest BCUT2D eigenvalue weighted by atomic mass is 10.0. The fraction of sp³-hybridized carbons (Fsp3) is 0.571. The van der Waals surface area contributed by atoms with Gasteiger partial charge in [-0.2, -0.15) is 0 Å². The molecule has 1 aromatic rings. The summed E-state index contributed by atoms with van der Waals surface area (Å²) < 4.78 is 39.5. The number of hydrogen-bond donors (Lipinski definition) is 1. The molecule has 2 N–H and O–H groups in total. The predicted octanol–water partition coefficient (Wildman–Crippen LogP) is 2.55. The van der Waals surface area contributed by atoms with E-state index in [1.165, 1.54) is 19.2 Å². The highest BCUT2D eigenvalue weighted by molar-refractivity contribution is 7.89. The lowest BCUT2D eigenvalue weighted by Gasteiger charge is -2.21. The third-order valence-corrected chi connectivity index (χ3v) is 5.30. The van der Waals surface area contributed by atoms with Crippen molar-refractivity contribution in [3.8, 4) is 0 Å². The van der Waals surface area contributed by atoms with Gasteiger partial charge in [0.2, 0.25) is 10.0 Å². The van der Waals surface area contributed by atoms with Crippen molar-refractivity contribution in [3.63, 3.8) is 0 Å². The molecule has 0 aliphatic heterocycles. The molecule has 1 rings (SSSR count). The molecule has 4 nitrogen and oxygen atoms in total. The third kappa shape index (κ3) is 5.21. The molecule has 0 aliphatic rings. The first-order valence-corrected chi connectivity index (χ1v) is 8.08. The molecule has 0 aromatic heterocycles. The van der Waals surface area contributed by atoms with Gasteiger partial charge in [-0.05, 0) is 37.0 Å². The molecule has 1 unspecified atom stereocenters. The lowest BCUT2D eigenvalue weighted by molar-refractivity contribution is 0.396. The average Bonchev–Trinajstić information content (AvgIpc) is 2.34. The van der Waals surface area contributed by atoms with Crippen LogP contribution < -0.4 is 5.73 Å². The Balaban J connectivity index is 0.00000400. The Kier molecular flexibility index (Phi) is 7.81. The number of benzene rings is 1. The molecule has 0 saturated heterocycles. The van der Waals surface area contributed by atoms with Crippen LogP contribution in [-0.2, 0) is 10.0 Å². The van der Waals surface area contributed by atoms with Crippen LogP contribution in [0.25, 0.3) is 0 Å². The largest absolute Gasteiger partial charge is 0.327 e. The monoisotopic (exact) mass is 338 g/mol. The van der Waals surface area contributed by atoms with Gasteiger partial charge in [0.05, 0.1) is 0 Å². The van der Waals surface area contributed by atoms with Gasteiger partial charge < -0.3 is 5.73 Å². The minimum Gasteiger partial charge on any atom is -0.327 e. The molecule has 21 heavy (non-hydrogen) atoms. The van der Waals surface area contributed by atoms with Crippen LogP contribution in [0.5, 0.6) is 0 Å². The van der Waals surface area contributed by atoms with Crippen LogP contribution in [0.2, 0.25) is 0 Å². The van der Waals surface area contributed by atoms with Gasteiger partial charge in [-0.3, -0.25) is 0 Å². The summed E-state index contributed by atoms with van der Waals surface area (Å²) in [6, 6.07) is 4.04. The molecule has 1 aromatic carbocycles. The molecule has 7 heteroatoms. The number of nitrogens with zero attached hydrogens (tertiary/aromatic N) is 1. The van der Waals surface area contributed by atoms with Gasteiger partial charge in [0.1, 0.15) is 10.7 Å². The standard InChI is InChI=1S/C14H23FN2O2S.ClH/c1-10(2)13(16)7-8-17(4)20(18,19)14-6-5-11(3)9-12(14)15;/h5-6,9-10,13H,7-8,16H2,1-4H3;1H. The summed E-state index contributed by atoms with van der Waals surface area (Å²) >= 11 is 0. The molecule has 0 radical (unpaired) electrons. The zero-order valence-electron chi connectivity index (χ0n) is 12.8. The van der Waals surface area contributed by atoms with Gasteiger partial charge in [0.15, 0.2) is 0 Å². The Bertz CT molecular complexity index is 564. The fourth-order valence-electron chi connectivity index (χ4n) is 1.77. The summed E-state index contributed by atoms with van der Waals surface area (Å²) in [5.74, 6) is -0.438. The maximum Gasteiger partial charge on any atom is 0.245 e. The van der Waals surface area contributed by atoms with E-state index in [0.717, 1.165) is 4.31 Å². The first-order chi connectivity index (χ1) is 9.16. The fourth-order valence-corrected chi connectivity index (χ4v) is 2.99. The second-order valence-corrected chi connectivity index (χ2v) is 7.47. The number of halogens is 2. The average molecular weight is 339 g/mol. The highest BCUT2D eigenvalue weighted by atomic mass is 35.5. The van der Waals surface area contributed by atoms with Crippen molar-refractivity contribution < 1.29 is 12.8 Å². The summed E-state index contributed by atoms with van der Waals surface area (Å²) in [5, 5.41) is 0. The Labute approximate surface area is 133 Å². The van der Waals surface area contributed by atoms with Gasteiger partial charge in [-0.25, -0.2) is 17.1 Å². The summed E-state index contributed by atoms with van der Waals surface area (Å²) in [6.07, 6.45) is 0.543. The summed E-state index contributed by atoms with van der Waals surface area (Å²) in [5.41, 5.74) is 6.59. The zero-order chi connectivity index (χ0) is 15.5. The van der Waals surface area contributed by atoms with Gasteiger partial charge in [0, 0.05) is 19.6 Å². The van der Waals surface area contributed by atoms with E-state index in [2.05, 4.69) is 0 Å². The Morgan fingerprint density at radius 1 is 1.33 bits per heavy atom. The highest BCUT2D eigenvalue weighted by Crippen LogP contribution is 2.20. The second kappa shape index (κ2) is 8.08. The van der Waals surface area contributed by atoms with Crippen LogP contribution in [0.3, 0.4) is 0 Å². The Morgan fingerprint density at radius 2 is 1.90 bits per heavy atom. The van der Waals surface area contributed by atoms with Crippen LogP contribution in [0.15, 0.2) is 23.1 Å². The normalized spacial score (nSPS) is 13.3. The SMILES string of the molecule is Cc1ccc(S(=O)(=O)N(C)CCC(N)C(C)C)c(F)c1.Cl. The van der Waals surface area contributed by atoms with Crippen molar-refractivity contribution in [2.45, 2.75) is 38.1 Å². The van der Waals surface area contributed by atoms with Crippen LogP contribution in [0.1, 0.15) is 25.8 Å². The Hall–Kier alpha value is -0.690. The van der Waals surface area contributed by atoms with E-state index < -0.39 is 15.8 Å². The van der Waals surface area contributed by atoms with Crippen molar-refractivity contribution in [2.24, 2.45) is 11.7 Å². The summed E-state index contributed by atoms with van der Waals surface area (Å²) in [7, 11) is -2.36. The van der Waals surface area contributed by atoms with Crippen LogP contribution >= 0.6 is 12.4 Å². The number of aryl methyl sites for hydroxylation is 1. The molecule has 0 fully saturated rings. The van der Waals surface area contributed by atoms with E-state index in [9.17, 15) is 12.8 Å². The molecule has 122 valence electrons. The van der Waals surface area contributed by atoms with E-state index in [0.29, 0.717) is 12.0 Å². The van der Waals surface area contributed by atoms with Crippen molar-refractivity contribution in [1.82, 2.24) is 4.31 Å². The van der Waals surface area contributed by atoms with Crippen molar-refractivity contribution >= 4 is 22.4 Å². The minimum absolute atomic E-state index is 0. The quantitative estimate of drug-likeness (QED) is 0.867. The topological polar surface area (TPSA) is 63.4 Å². The first-order valence-electron chi connectivity index (χ1n) is 6.64. The maximum absolute atomic E-state index is 13.8. The van der Waals surface area contributed by atoms with Crippen molar-refractivity contribution in [1.29, 1.82) is 0 Å². The van der Waals surface area contributed by atoms with E-state index >= 15 is 0 Å². The molecule has 0 amide bonds. The highest BCUT2D eigenvalue weighted by Gasteiger charge is 2.24. The molecule has 1 atom stereocenters. The smallest absolute Gasteiger partial charge is 0.245 e. The zero-order valence-corrected chi connectivity index (χ0v) is 14.5. The van der Waals surface area contributed by atoms with E-state index in [4.69, 9.17) is 5.73 Å². The van der Waals surface area contributed by atoms with Crippen molar-refractivity contribution in [3.05, 3.63) is 29.6 Å². The molecule has 0 bridgehead atoms. The first kappa shape index (κ1) is 20.3. The number of nitrogens with two attached hydrogens (primary N) is 1. The molecule has 0 spiro atoms. The van der Waals surface area contributed by atoms with Crippen molar-refractivity contribution in [2.75, 3.05) is 13.6 Å². The molecular weight excluding hydrogens is 315 g/mol. The lowest BCUT2D eigenvalue weighted by Crippen LogP contribution is -2.35. The second-order valence-electron chi connectivity index (χ2n) is 5.46. The predicted molar refractivity (Wildman–Crippen MR) is 85.6 cm³/mol. The van der Waals surface area contributed by atoms with E-state index in [1.54, 1.807) is 13.0 Å². The molecule has 0 aliphatic carbocycles. The van der Waals surface area contributed by atoms with Crippen LogP contribution in [0.4, 0.5) is 4.39 Å². The minimum atomic E-state index is -3.81. The number of sulfonamides is 1. The third-order valence-electron chi connectivity index (χ3n) is 3.41. The number of hydrogen-bond acceptors (Lipinski definition) is 3. The summed E-state index contributed by atoms with van der Waals surface area (Å²) in [4.78, 5) is -0.288. The summed E-state index contributed by atoms with van der Waals surface area (Å²) in [6.45, 7) is 5.96. The molecular formula is C14H24ClFN2O2S. The van der Waals surface area contributed by atoms with E-state index in [1.807, 2.05) is 13.8 Å². The van der Waals surface area contributed by atoms with Gasteiger partial charge >= 0.3 is 0 Å². The van der Waals surface area contributed by atoms with Gasteiger partial charge in [0.25, 0.3) is 0 Å². The van der Waals surface area contributed by atoms with Crippen LogP contribution in [0, 0.1) is 18.7 Å². The van der Waals surface area contributed by atoms with E-state index in [-0.39, 0.29) is 35.8 Å². The molecule has 0 saturated carbocycles. The van der Waals surface area contributed by atoms with Crippen LogP contribution in [-0.4, -0.2) is 32.4 Å². The van der Waals surface area contributed by atoms with Gasteiger partial charge in [-0.15, -0.1) is 12.4 Å². The number of rotatable bonds is 6. The molecule has 0 heterocycles. The maximum atomic E-state index is 13.8. The Morgan fingerprint density at radius 3 is 2.38 bits per heavy atom.